The second-order valence-electron chi connectivity index (χ2n) is 33.6. The quantitative estimate of drug-likeness (QED) is 0.0146. The molecular formula is C77H109N24O38P5S3. The van der Waals surface area contributed by atoms with Crippen molar-refractivity contribution in [3.8, 4) is 0 Å². The Kier molecular flexibility index (Phi) is 36.3. The van der Waals surface area contributed by atoms with Gasteiger partial charge in [-0.2, -0.15) is 9.97 Å². The highest BCUT2D eigenvalue weighted by atomic mass is 32.7. The third kappa shape index (κ3) is 25.4. The highest BCUT2D eigenvalue weighted by Crippen LogP contribution is 2.62. The van der Waals surface area contributed by atoms with Crippen LogP contribution in [0.5, 0.6) is 0 Å². The highest BCUT2D eigenvalue weighted by molar-refractivity contribution is 8.45. The minimum atomic E-state index is -5.92. The van der Waals surface area contributed by atoms with Gasteiger partial charge in [-0.05, 0) is 26.3 Å². The molecule has 0 spiro atoms. The molecule has 6 aliphatic heterocycles. The minimum absolute atomic E-state index is 0.00633. The van der Waals surface area contributed by atoms with Gasteiger partial charge in [0, 0.05) is 71.7 Å². The number of nitrogens with one attached hydrogen (secondary N) is 2. The highest BCUT2D eigenvalue weighted by Gasteiger charge is 2.59. The molecule has 0 radical (unpaired) electrons. The molecule has 10 aromatic rings. The number of nitrogens with two attached hydrogens (primary N) is 5. The number of phosphoric ester groups is 2. The van der Waals surface area contributed by atoms with E-state index in [1.807, 2.05) is 0 Å². The summed E-state index contributed by atoms with van der Waals surface area (Å²) in [5, 5.41) is 12.0. The number of thiol groups is 3. The lowest BCUT2D eigenvalue weighted by Gasteiger charge is -2.29. The van der Waals surface area contributed by atoms with Crippen LogP contribution in [0.15, 0.2) is 81.8 Å². The van der Waals surface area contributed by atoms with E-state index in [2.05, 4.69) is 102 Å². The average molecular weight is 2230 g/mol. The van der Waals surface area contributed by atoms with Crippen LogP contribution in [0.2, 0.25) is 0 Å². The van der Waals surface area contributed by atoms with E-state index >= 15 is 18.3 Å². The predicted molar refractivity (Wildman–Crippen MR) is 514 cm³/mol. The number of aliphatic hydroxyl groups is 1. The fourth-order valence-corrected chi connectivity index (χ4v) is 23.6. The molecule has 6 aliphatic rings. The van der Waals surface area contributed by atoms with Gasteiger partial charge in [-0.1, -0.05) is 43.7 Å². The number of hydrogen-bond donors (Lipinski definition) is 13. The molecule has 16 heterocycles. The molecule has 16 rings (SSSR count). The zero-order valence-corrected chi connectivity index (χ0v) is 86.4. The number of methoxy groups -OCH3 is 5. The normalized spacial score (nSPS) is 29.0. The van der Waals surface area contributed by atoms with E-state index in [-0.39, 0.29) is 152 Å². The maximum absolute atomic E-state index is 15.8. The number of H-pyrrole nitrogens is 2. The number of anilines is 5. The molecule has 0 amide bonds. The van der Waals surface area contributed by atoms with E-state index in [1.54, 1.807) is 13.0 Å². The topological polar surface area (TPSA) is 787 Å². The van der Waals surface area contributed by atoms with E-state index in [1.165, 1.54) is 105 Å². The first-order valence-corrected chi connectivity index (χ1v) is 56.1. The monoisotopic (exact) mass is 2230 g/mol. The van der Waals surface area contributed by atoms with E-state index < -0.39 is 239 Å². The van der Waals surface area contributed by atoms with Crippen molar-refractivity contribution >= 4 is 147 Å². The molecule has 70 heteroatoms. The van der Waals surface area contributed by atoms with Crippen LogP contribution in [0.25, 0.3) is 44.7 Å². The van der Waals surface area contributed by atoms with Gasteiger partial charge in [0.05, 0.1) is 142 Å². The van der Waals surface area contributed by atoms with Gasteiger partial charge in [-0.15, -0.1) is 0 Å². The molecule has 62 nitrogen and oxygen atoms in total. The van der Waals surface area contributed by atoms with Crippen molar-refractivity contribution in [2.75, 3.05) is 163 Å². The first-order chi connectivity index (χ1) is 70.2. The summed E-state index contributed by atoms with van der Waals surface area (Å²) in [6.07, 6.45) is -24.7. The Balaban J connectivity index is 0.693. The number of aryl methyl sites for hydroxylation is 2. The van der Waals surface area contributed by atoms with Crippen molar-refractivity contribution < 1.29 is 159 Å². The van der Waals surface area contributed by atoms with Gasteiger partial charge in [0.1, 0.15) is 133 Å². The molecule has 15 N–H and O–H groups in total. The Morgan fingerprint density at radius 3 is 1.26 bits per heavy atom. The van der Waals surface area contributed by atoms with Crippen LogP contribution in [-0.4, -0.2) is 346 Å². The lowest BCUT2D eigenvalue weighted by atomic mass is 10.1. The lowest BCUT2D eigenvalue weighted by Crippen LogP contribution is -2.41. The molecule has 0 bridgehead atoms. The van der Waals surface area contributed by atoms with Crippen molar-refractivity contribution in [1.29, 1.82) is 0 Å². The molecule has 10 aromatic heterocycles. The summed E-state index contributed by atoms with van der Waals surface area (Å²) in [7, 11) is -4.90. The summed E-state index contributed by atoms with van der Waals surface area (Å²) >= 11 is 13.3. The van der Waals surface area contributed by atoms with Gasteiger partial charge in [0.15, 0.2) is 70.9 Å². The lowest BCUT2D eigenvalue weighted by molar-refractivity contribution is -0.0833. The van der Waals surface area contributed by atoms with Crippen molar-refractivity contribution in [2.45, 2.75) is 175 Å². The second kappa shape index (κ2) is 47.9. The fraction of sp³-hybridized carbons (Fsp3) is 0.623. The molecule has 6 fully saturated rings. The zero-order chi connectivity index (χ0) is 105. The number of nitrogens with zero attached hydrogens (tertiary/aromatic N) is 17. The van der Waals surface area contributed by atoms with Gasteiger partial charge in [0.25, 0.3) is 11.1 Å². The third-order valence-electron chi connectivity index (χ3n) is 24.0. The summed E-state index contributed by atoms with van der Waals surface area (Å²) in [6, 6.07) is 1.54. The number of fused-ring (bicyclic) bond motifs is 4. The van der Waals surface area contributed by atoms with Crippen LogP contribution in [0.1, 0.15) is 68.3 Å². The van der Waals surface area contributed by atoms with Gasteiger partial charge >= 0.3 is 47.4 Å². The van der Waals surface area contributed by atoms with Crippen molar-refractivity contribution in [3.05, 3.63) is 115 Å². The number of aromatic amines is 2. The SMILES string of the molecule is CC[C@H]1O[C@@H](n2cc(C)c(=O)[nH]c2=O)C[C@H]1OP(=O)(S)OC[C@H]1O[C@@H](n2cc(C)c(N)nc2=O)C(OCCOC)[C@H]1OP(=O)(O)OC[C@H]1O[C@@H](n2cnc3c(N)ncnc32)C(OCCOC)[C@H]1OP(=O)(O)OC[C@H]1O[C@@H](n2cnc3c(=O)[nH]c(N)nc32)C(OCCOC)[C@H]1OP(=O)(S)OC[C@H]1O[C@@H](n2cnc3c(N)ncnc32)C(OCCOC)[C@H]1OP(=O)(S)OC[C@H]1O[C@@H](n2cnc3c(N)ccnc32)C(OCCOC)[C@H]1O. The Labute approximate surface area is 846 Å². The van der Waals surface area contributed by atoms with Gasteiger partial charge in [0.2, 0.25) is 5.95 Å². The minimum Gasteiger partial charge on any atom is -0.397 e. The summed E-state index contributed by atoms with van der Waals surface area (Å²) in [5.74, 6) is -0.778. The summed E-state index contributed by atoms with van der Waals surface area (Å²) in [6.45, 7) is -16.8. The van der Waals surface area contributed by atoms with E-state index in [4.69, 9.17) is 150 Å². The van der Waals surface area contributed by atoms with Gasteiger partial charge in [-0.25, -0.2) is 77.3 Å². The van der Waals surface area contributed by atoms with Crippen molar-refractivity contribution in [2.24, 2.45) is 0 Å². The Morgan fingerprint density at radius 2 is 0.796 bits per heavy atom. The maximum Gasteiger partial charge on any atom is 0.472 e. The van der Waals surface area contributed by atoms with Crippen LogP contribution in [0.3, 0.4) is 0 Å². The molecule has 808 valence electrons. The number of rotatable bonds is 52. The number of aromatic nitrogens is 19. The number of ether oxygens (including phenoxy) is 16. The van der Waals surface area contributed by atoms with Gasteiger partial charge in [-0.3, -0.25) is 92.2 Å². The first-order valence-electron chi connectivity index (χ1n) is 45.0. The third-order valence-corrected chi connectivity index (χ3v) is 30.9. The van der Waals surface area contributed by atoms with E-state index in [0.717, 1.165) is 28.1 Å². The van der Waals surface area contributed by atoms with Crippen LogP contribution >= 0.6 is 72.8 Å². The average Bonchev–Trinajstić information content (AvgIpc) is 1.65. The van der Waals surface area contributed by atoms with Gasteiger partial charge < -0.3 is 119 Å². The maximum atomic E-state index is 15.8. The van der Waals surface area contributed by atoms with Crippen LogP contribution in [0, 0.1) is 13.8 Å². The van der Waals surface area contributed by atoms with Crippen LogP contribution in [0.4, 0.5) is 29.1 Å². The number of imidazole rings is 4. The largest absolute Gasteiger partial charge is 0.472 e. The Hall–Kier alpha value is -8.33. The number of aliphatic hydroxyl groups excluding tert-OH is 1. The van der Waals surface area contributed by atoms with E-state index in [0.29, 0.717) is 5.52 Å². The second-order valence-corrected chi connectivity index (χ2v) is 45.1. The summed E-state index contributed by atoms with van der Waals surface area (Å²) < 4.78 is 242. The first kappa shape index (κ1) is 111. The molecule has 0 aromatic carbocycles. The van der Waals surface area contributed by atoms with Crippen LogP contribution in [-0.2, 0) is 144 Å². The number of phosphoric acid groups is 2. The number of hydrogen-bond acceptors (Lipinski definition) is 52. The number of pyridine rings is 1. The Bertz CT molecular complexity index is 6780. The summed E-state index contributed by atoms with van der Waals surface area (Å²) in [5.41, 5.74) is 28.6. The molecule has 6 saturated heterocycles. The zero-order valence-electron chi connectivity index (χ0n) is 79.3. The molecule has 0 aliphatic carbocycles. The van der Waals surface area contributed by atoms with Crippen molar-refractivity contribution in [1.82, 2.24) is 92.2 Å². The molecule has 10 unspecified atom stereocenters. The summed E-state index contributed by atoms with van der Waals surface area (Å²) in [4.78, 5) is 129. The smallest absolute Gasteiger partial charge is 0.397 e. The predicted octanol–water partition coefficient (Wildman–Crippen LogP) is 1.61. The molecule has 28 atom stereocenters. The molecular weight excluding hydrogens is 2120 g/mol. The fourth-order valence-electron chi connectivity index (χ4n) is 17.1. The van der Waals surface area contributed by atoms with Crippen LogP contribution < -0.4 is 51.2 Å². The standard InChI is InChI=1S/C77H109N24O38P5S3/c1-9-39-40(22-46(129-39)96-24-37(3)68(103)95-77(96)106)135-142(111,145)127-28-44-53(57(120-18-13-115-5)71(131-44)97-23-36(2)61(79)92-76(97)105)137-140(107,108)124-26-42-52(58(121-19-14-116-6)72(132-42)99-33-89-48-62(80)84-30-86-65(48)99)136-141(109,110)125-27-43-54(60(123-21-16-118-8)74(133-43)101-35-91-50-67(101)93-75(82)94-69(50)104)138-144(113,147)128-29-45-55(59(122-20-15-117-7)73(134-45)100-34-90-49-63(81)85-31-87-66(49)100)139-143(112,146)126-25-41-51(102)56(119-17-12-114-4)70(130-41)98-32-88-47-38(78)10-11-83-64(47)98/h10-11,23-24,30-35,39-46,51-60,70-74,102H,9,12-22,25-29H2,1-8H3,(H2,78,83)(H,107,108)(H,109,110)(H,111,145)(H,112,146)(H,113,147)(H2,79,92,105)(H2,80,84,86)(H2,81,85,87)(H,95,103,106)(H3,82,93,94,104)/t39-,40-,41-,42-,43-,44-,45-,46-,51+,52+,53+,54+,55+,56?,57?,58?,59?,60?,70-,71-,72-,73-,74-,142?,143?,144?/m1/s1. The number of nitrogen functional groups attached to an aromatic ring is 5. The molecule has 0 saturated carbocycles. The van der Waals surface area contributed by atoms with Crippen molar-refractivity contribution in [3.63, 3.8) is 0 Å². The van der Waals surface area contributed by atoms with E-state index in [9.17, 15) is 38.6 Å². The Morgan fingerprint density at radius 1 is 0.408 bits per heavy atom. The molecule has 147 heavy (non-hydrogen) atoms.